The van der Waals surface area contributed by atoms with Gasteiger partial charge in [-0.1, -0.05) is 6.92 Å². The molecule has 1 aromatic heterocycles. The van der Waals surface area contributed by atoms with Gasteiger partial charge in [-0.2, -0.15) is 5.10 Å². The molecule has 0 aliphatic carbocycles. The van der Waals surface area contributed by atoms with Gasteiger partial charge in [-0.3, -0.25) is 9.48 Å². The minimum Gasteiger partial charge on any atom is -0.497 e. The smallest absolute Gasteiger partial charge is 0.153 e. The van der Waals surface area contributed by atoms with Gasteiger partial charge in [0, 0.05) is 7.05 Å². The average molecular weight is 274 g/mol. The second-order valence-electron chi connectivity index (χ2n) is 4.41. The van der Waals surface area contributed by atoms with E-state index in [-0.39, 0.29) is 0 Å². The van der Waals surface area contributed by atoms with Crippen molar-refractivity contribution in [1.29, 1.82) is 0 Å². The van der Waals surface area contributed by atoms with Crippen LogP contribution in [0.25, 0.3) is 0 Å². The van der Waals surface area contributed by atoms with Crippen LogP contribution in [-0.2, 0) is 20.1 Å². The molecule has 0 N–H and O–H groups in total. The highest BCUT2D eigenvalue weighted by molar-refractivity contribution is 5.80. The number of ether oxygens (including phenoxy) is 2. The van der Waals surface area contributed by atoms with Gasteiger partial charge in [0.1, 0.15) is 18.1 Å². The zero-order valence-corrected chi connectivity index (χ0v) is 11.9. The minimum atomic E-state index is 0.372. The molecule has 1 heterocycles. The average Bonchev–Trinajstić information content (AvgIpc) is 2.85. The van der Waals surface area contributed by atoms with E-state index in [0.717, 1.165) is 24.1 Å². The third-order valence-electron chi connectivity index (χ3n) is 3.11. The summed E-state index contributed by atoms with van der Waals surface area (Å²) >= 11 is 0. The molecule has 0 bridgehead atoms. The number of hydrogen-bond donors (Lipinski definition) is 0. The molecule has 5 heteroatoms. The highest BCUT2D eigenvalue weighted by atomic mass is 16.5. The number of hydrogen-bond acceptors (Lipinski definition) is 4. The molecular weight excluding hydrogens is 256 g/mol. The minimum absolute atomic E-state index is 0.372. The highest BCUT2D eigenvalue weighted by Gasteiger charge is 2.08. The molecule has 2 rings (SSSR count). The SMILES string of the molecule is CCc1cc(COc2ccc(OC)cc2C=O)n(C)n1. The molecule has 0 saturated heterocycles. The lowest BCUT2D eigenvalue weighted by molar-refractivity contribution is 0.111. The number of benzene rings is 1. The van der Waals surface area contributed by atoms with Gasteiger partial charge >= 0.3 is 0 Å². The molecule has 1 aromatic carbocycles. The molecule has 2 aromatic rings. The number of rotatable bonds is 6. The second-order valence-corrected chi connectivity index (χ2v) is 4.41. The summed E-state index contributed by atoms with van der Waals surface area (Å²) < 4.78 is 12.6. The summed E-state index contributed by atoms with van der Waals surface area (Å²) in [5, 5.41) is 4.36. The molecule has 0 atom stereocenters. The lowest BCUT2D eigenvalue weighted by Crippen LogP contribution is -2.04. The Morgan fingerprint density at radius 3 is 2.75 bits per heavy atom. The molecule has 0 saturated carbocycles. The van der Waals surface area contributed by atoms with Crippen LogP contribution in [0.15, 0.2) is 24.3 Å². The van der Waals surface area contributed by atoms with Crippen LogP contribution in [-0.4, -0.2) is 23.2 Å². The fourth-order valence-electron chi connectivity index (χ4n) is 1.91. The maximum absolute atomic E-state index is 11.1. The number of carbonyl (C=O) groups is 1. The Balaban J connectivity index is 2.13. The Morgan fingerprint density at radius 1 is 1.35 bits per heavy atom. The molecule has 0 fully saturated rings. The van der Waals surface area contributed by atoms with Gasteiger partial charge in [0.15, 0.2) is 6.29 Å². The van der Waals surface area contributed by atoms with Gasteiger partial charge < -0.3 is 9.47 Å². The van der Waals surface area contributed by atoms with Crippen molar-refractivity contribution in [1.82, 2.24) is 9.78 Å². The molecule has 106 valence electrons. The molecule has 0 spiro atoms. The maximum Gasteiger partial charge on any atom is 0.153 e. The van der Waals surface area contributed by atoms with Crippen molar-refractivity contribution in [3.63, 3.8) is 0 Å². The molecule has 0 unspecified atom stereocenters. The van der Waals surface area contributed by atoms with Crippen LogP contribution in [0.4, 0.5) is 0 Å². The zero-order chi connectivity index (χ0) is 14.5. The Hall–Kier alpha value is -2.30. The molecule has 0 amide bonds. The van der Waals surface area contributed by atoms with Gasteiger partial charge in [-0.25, -0.2) is 0 Å². The third kappa shape index (κ3) is 2.99. The summed E-state index contributed by atoms with van der Waals surface area (Å²) in [6, 6.07) is 7.16. The predicted octanol–water partition coefficient (Wildman–Crippen LogP) is 2.38. The summed E-state index contributed by atoms with van der Waals surface area (Å²) in [5.74, 6) is 1.17. The van der Waals surface area contributed by atoms with Gasteiger partial charge in [-0.15, -0.1) is 0 Å². The maximum atomic E-state index is 11.1. The molecule has 0 aliphatic rings. The van der Waals surface area contributed by atoms with Gasteiger partial charge in [-0.05, 0) is 30.7 Å². The number of carbonyl (C=O) groups excluding carboxylic acids is 1. The summed E-state index contributed by atoms with van der Waals surface area (Å²) in [6.07, 6.45) is 1.65. The summed E-state index contributed by atoms with van der Waals surface area (Å²) in [7, 11) is 3.44. The first-order chi connectivity index (χ1) is 9.67. The van der Waals surface area contributed by atoms with Crippen LogP contribution in [0.3, 0.4) is 0 Å². The molecule has 20 heavy (non-hydrogen) atoms. The number of aldehydes is 1. The van der Waals surface area contributed by atoms with Crippen molar-refractivity contribution in [2.75, 3.05) is 7.11 Å². The summed E-state index contributed by atoms with van der Waals surface area (Å²) in [5.41, 5.74) is 2.47. The fourth-order valence-corrected chi connectivity index (χ4v) is 1.91. The van der Waals surface area contributed by atoms with Crippen LogP contribution in [0, 0.1) is 0 Å². The molecule has 5 nitrogen and oxygen atoms in total. The Morgan fingerprint density at radius 2 is 2.15 bits per heavy atom. The number of nitrogens with zero attached hydrogens (tertiary/aromatic N) is 2. The molecule has 0 radical (unpaired) electrons. The van der Waals surface area contributed by atoms with Crippen LogP contribution in [0.1, 0.15) is 28.7 Å². The number of aryl methyl sites for hydroxylation is 2. The van der Waals surface area contributed by atoms with Crippen LogP contribution >= 0.6 is 0 Å². The normalized spacial score (nSPS) is 10.3. The van der Waals surface area contributed by atoms with Gasteiger partial charge in [0.2, 0.25) is 0 Å². The van der Waals surface area contributed by atoms with Crippen LogP contribution < -0.4 is 9.47 Å². The summed E-state index contributed by atoms with van der Waals surface area (Å²) in [4.78, 5) is 11.1. The van der Waals surface area contributed by atoms with E-state index in [1.807, 2.05) is 13.1 Å². The third-order valence-corrected chi connectivity index (χ3v) is 3.11. The van der Waals surface area contributed by atoms with Crippen molar-refractivity contribution in [3.8, 4) is 11.5 Å². The largest absolute Gasteiger partial charge is 0.497 e. The Bertz CT molecular complexity index is 605. The van der Waals surface area contributed by atoms with Crippen molar-refractivity contribution in [2.45, 2.75) is 20.0 Å². The topological polar surface area (TPSA) is 53.4 Å². The summed E-state index contributed by atoms with van der Waals surface area (Å²) in [6.45, 7) is 2.43. The van der Waals surface area contributed by atoms with E-state index in [2.05, 4.69) is 12.0 Å². The first-order valence-electron chi connectivity index (χ1n) is 6.45. The van der Waals surface area contributed by atoms with E-state index in [4.69, 9.17) is 9.47 Å². The van der Waals surface area contributed by atoms with Crippen molar-refractivity contribution >= 4 is 6.29 Å². The Kier molecular flexibility index (Phi) is 4.40. The Labute approximate surface area is 118 Å². The van der Waals surface area contributed by atoms with E-state index in [1.54, 1.807) is 30.0 Å². The zero-order valence-electron chi connectivity index (χ0n) is 11.9. The van der Waals surface area contributed by atoms with Crippen LogP contribution in [0.2, 0.25) is 0 Å². The van der Waals surface area contributed by atoms with E-state index in [0.29, 0.717) is 23.7 Å². The number of aromatic nitrogens is 2. The highest BCUT2D eigenvalue weighted by Crippen LogP contribution is 2.23. The van der Waals surface area contributed by atoms with E-state index in [9.17, 15) is 4.79 Å². The molecular formula is C15H18N2O3. The lowest BCUT2D eigenvalue weighted by Gasteiger charge is -2.09. The van der Waals surface area contributed by atoms with E-state index in [1.165, 1.54) is 0 Å². The predicted molar refractivity (Wildman–Crippen MR) is 75.3 cm³/mol. The number of methoxy groups -OCH3 is 1. The lowest BCUT2D eigenvalue weighted by atomic mass is 10.2. The monoisotopic (exact) mass is 274 g/mol. The van der Waals surface area contributed by atoms with Gasteiger partial charge in [0.05, 0.1) is 24.1 Å². The van der Waals surface area contributed by atoms with Crippen molar-refractivity contribution < 1.29 is 14.3 Å². The van der Waals surface area contributed by atoms with Crippen molar-refractivity contribution in [3.05, 3.63) is 41.2 Å². The molecule has 0 aliphatic heterocycles. The van der Waals surface area contributed by atoms with Crippen LogP contribution in [0.5, 0.6) is 11.5 Å². The fraction of sp³-hybridized carbons (Fsp3) is 0.333. The quantitative estimate of drug-likeness (QED) is 0.759. The van der Waals surface area contributed by atoms with E-state index >= 15 is 0 Å². The first-order valence-corrected chi connectivity index (χ1v) is 6.45. The van der Waals surface area contributed by atoms with Gasteiger partial charge in [0.25, 0.3) is 0 Å². The standard InChI is InChI=1S/C15H18N2O3/c1-4-12-8-13(17(2)16-12)10-20-15-6-5-14(19-3)7-11(15)9-18/h5-9H,4,10H2,1-3H3. The first kappa shape index (κ1) is 14.1. The second kappa shape index (κ2) is 6.23. The van der Waals surface area contributed by atoms with Crippen molar-refractivity contribution in [2.24, 2.45) is 7.05 Å². The van der Waals surface area contributed by atoms with E-state index < -0.39 is 0 Å².